The monoisotopic (exact) mass is 524 g/mol. The van der Waals surface area contributed by atoms with Gasteiger partial charge < -0.3 is 24.8 Å². The van der Waals surface area contributed by atoms with Crippen LogP contribution in [0.15, 0.2) is 72.8 Å². The Bertz CT molecular complexity index is 1470. The number of hydrogen-bond acceptors (Lipinski definition) is 4. The van der Waals surface area contributed by atoms with Gasteiger partial charge >= 0.3 is 0 Å². The van der Waals surface area contributed by atoms with Crippen molar-refractivity contribution < 1.29 is 14.3 Å². The van der Waals surface area contributed by atoms with Gasteiger partial charge in [-0.2, -0.15) is 0 Å². The quantitative estimate of drug-likeness (QED) is 0.263. The van der Waals surface area contributed by atoms with E-state index in [-0.39, 0.29) is 18.4 Å². The van der Waals surface area contributed by atoms with Crippen LogP contribution in [0.2, 0.25) is 0 Å². The fraction of sp³-hybridized carbons (Fsp3) is 0.312. The number of carbonyl (C=O) groups excluding carboxylic acids is 2. The van der Waals surface area contributed by atoms with Crippen LogP contribution in [-0.4, -0.2) is 66.4 Å². The summed E-state index contributed by atoms with van der Waals surface area (Å²) in [6.45, 7) is 7.77. The molecule has 1 aliphatic heterocycles. The highest BCUT2D eigenvalue weighted by Gasteiger charge is 2.41. The summed E-state index contributed by atoms with van der Waals surface area (Å²) in [7, 11) is 1.65. The van der Waals surface area contributed by atoms with E-state index in [0.717, 1.165) is 65.1 Å². The lowest BCUT2D eigenvalue weighted by molar-refractivity contribution is -0.122. The largest absolute Gasteiger partial charge is 0.497 e. The van der Waals surface area contributed by atoms with Crippen LogP contribution in [0, 0.1) is 0 Å². The molecule has 5 rings (SSSR count). The number of carbonyl (C=O) groups is 2. The summed E-state index contributed by atoms with van der Waals surface area (Å²) < 4.78 is 5.50. The van der Waals surface area contributed by atoms with Gasteiger partial charge in [0.05, 0.1) is 18.8 Å². The summed E-state index contributed by atoms with van der Waals surface area (Å²) in [4.78, 5) is 34.5. The zero-order chi connectivity index (χ0) is 27.4. The Kier molecular flexibility index (Phi) is 7.98. The highest BCUT2D eigenvalue weighted by Crippen LogP contribution is 2.45. The maximum Gasteiger partial charge on any atom is 0.255 e. The molecule has 0 aliphatic carbocycles. The lowest BCUT2D eigenvalue weighted by Gasteiger charge is -2.26. The third-order valence-corrected chi connectivity index (χ3v) is 7.62. The topological polar surface area (TPSA) is 77.7 Å². The van der Waals surface area contributed by atoms with Crippen LogP contribution >= 0.6 is 0 Å². The number of aromatic nitrogens is 1. The number of methoxy groups -OCH3 is 1. The Labute approximate surface area is 229 Å². The summed E-state index contributed by atoms with van der Waals surface area (Å²) >= 11 is 0. The van der Waals surface area contributed by atoms with Crippen molar-refractivity contribution in [1.82, 2.24) is 20.1 Å². The average molecular weight is 525 g/mol. The first-order valence-corrected chi connectivity index (χ1v) is 13.7. The van der Waals surface area contributed by atoms with E-state index < -0.39 is 6.04 Å². The highest BCUT2D eigenvalue weighted by molar-refractivity contribution is 6.03. The lowest BCUT2D eigenvalue weighted by atomic mass is 9.93. The van der Waals surface area contributed by atoms with Crippen molar-refractivity contribution in [3.8, 4) is 17.0 Å². The smallest absolute Gasteiger partial charge is 0.255 e. The standard InChI is InChI=1S/C32H36N4O3/c1-4-35(5-2)19-11-18-33-28(37)21-36-31(24-14-6-7-15-25(24)32(36)38)29-26-16-8-9-17-27(26)34-30(29)22-12-10-13-23(20-22)39-3/h6-10,12-17,20,31,34H,4-5,11,18-19,21H2,1-3H3,(H,33,37). The van der Waals surface area contributed by atoms with Crippen molar-refractivity contribution >= 4 is 22.7 Å². The Morgan fingerprint density at radius 2 is 1.79 bits per heavy atom. The minimum absolute atomic E-state index is 0.0134. The Morgan fingerprint density at radius 3 is 2.59 bits per heavy atom. The molecule has 0 spiro atoms. The van der Waals surface area contributed by atoms with E-state index in [9.17, 15) is 9.59 Å². The zero-order valence-corrected chi connectivity index (χ0v) is 22.9. The van der Waals surface area contributed by atoms with Gasteiger partial charge in [-0.25, -0.2) is 0 Å². The number of fused-ring (bicyclic) bond motifs is 2. The van der Waals surface area contributed by atoms with Crippen LogP contribution in [0.4, 0.5) is 0 Å². The predicted molar refractivity (Wildman–Crippen MR) is 155 cm³/mol. The molecular weight excluding hydrogens is 488 g/mol. The first-order valence-electron chi connectivity index (χ1n) is 13.7. The maximum absolute atomic E-state index is 13.7. The van der Waals surface area contributed by atoms with Crippen LogP contribution < -0.4 is 10.1 Å². The van der Waals surface area contributed by atoms with E-state index in [2.05, 4.69) is 35.1 Å². The fourth-order valence-electron chi connectivity index (χ4n) is 5.58. The van der Waals surface area contributed by atoms with E-state index in [1.807, 2.05) is 66.7 Å². The molecule has 4 aromatic rings. The third kappa shape index (κ3) is 5.27. The molecule has 0 fully saturated rings. The first-order chi connectivity index (χ1) is 19.0. The molecule has 1 aromatic heterocycles. The molecule has 2 heterocycles. The molecule has 0 saturated heterocycles. The number of H-pyrrole nitrogens is 1. The van der Waals surface area contributed by atoms with Crippen molar-refractivity contribution in [3.63, 3.8) is 0 Å². The second-order valence-electron chi connectivity index (χ2n) is 9.84. The summed E-state index contributed by atoms with van der Waals surface area (Å²) in [6.07, 6.45) is 0.869. The van der Waals surface area contributed by atoms with Crippen LogP contribution in [0.25, 0.3) is 22.2 Å². The normalized spacial score (nSPS) is 14.7. The fourth-order valence-corrected chi connectivity index (χ4v) is 5.58. The van der Waals surface area contributed by atoms with Crippen LogP contribution in [0.3, 0.4) is 0 Å². The van der Waals surface area contributed by atoms with Crippen LogP contribution in [0.5, 0.6) is 5.75 Å². The highest BCUT2D eigenvalue weighted by atomic mass is 16.5. The minimum atomic E-state index is -0.410. The number of rotatable bonds is 11. The second-order valence-corrected chi connectivity index (χ2v) is 9.84. The summed E-state index contributed by atoms with van der Waals surface area (Å²) in [5.74, 6) is 0.472. The van der Waals surface area contributed by atoms with Gasteiger partial charge in [0.2, 0.25) is 5.91 Å². The molecule has 1 aliphatic rings. The number of nitrogens with zero attached hydrogens (tertiary/aromatic N) is 2. The molecule has 202 valence electrons. The van der Waals surface area contributed by atoms with E-state index in [0.29, 0.717) is 12.1 Å². The number of ether oxygens (including phenoxy) is 1. The molecule has 1 atom stereocenters. The van der Waals surface area contributed by atoms with Gasteiger partial charge in [0, 0.05) is 34.1 Å². The Balaban J connectivity index is 1.51. The number of para-hydroxylation sites is 1. The van der Waals surface area contributed by atoms with E-state index in [1.165, 1.54) is 0 Å². The zero-order valence-electron chi connectivity index (χ0n) is 22.9. The molecule has 7 heteroatoms. The van der Waals surface area contributed by atoms with Crippen molar-refractivity contribution in [3.05, 3.63) is 89.5 Å². The van der Waals surface area contributed by atoms with Crippen LogP contribution in [0.1, 0.15) is 47.8 Å². The Morgan fingerprint density at radius 1 is 1.03 bits per heavy atom. The second kappa shape index (κ2) is 11.7. The van der Waals surface area contributed by atoms with E-state index in [4.69, 9.17) is 4.74 Å². The van der Waals surface area contributed by atoms with Crippen molar-refractivity contribution in [1.29, 1.82) is 0 Å². The average Bonchev–Trinajstić information content (AvgIpc) is 3.48. The number of amides is 2. The van der Waals surface area contributed by atoms with E-state index in [1.54, 1.807) is 12.0 Å². The van der Waals surface area contributed by atoms with Crippen molar-refractivity contribution in [2.45, 2.75) is 26.3 Å². The molecule has 0 bridgehead atoms. The molecule has 39 heavy (non-hydrogen) atoms. The number of hydrogen-bond donors (Lipinski definition) is 2. The van der Waals surface area contributed by atoms with Crippen molar-refractivity contribution in [2.24, 2.45) is 0 Å². The lowest BCUT2D eigenvalue weighted by Crippen LogP contribution is -2.40. The molecule has 0 saturated carbocycles. The molecular formula is C32H36N4O3. The summed E-state index contributed by atoms with van der Waals surface area (Å²) in [6, 6.07) is 23.3. The first kappa shape index (κ1) is 26.5. The predicted octanol–water partition coefficient (Wildman–Crippen LogP) is 5.24. The minimum Gasteiger partial charge on any atom is -0.497 e. The molecule has 7 nitrogen and oxygen atoms in total. The van der Waals surface area contributed by atoms with Gasteiger partial charge in [0.25, 0.3) is 5.91 Å². The van der Waals surface area contributed by atoms with Gasteiger partial charge in [-0.1, -0.05) is 62.4 Å². The number of nitrogens with one attached hydrogen (secondary N) is 2. The van der Waals surface area contributed by atoms with Gasteiger partial charge in [0.1, 0.15) is 12.3 Å². The Hall–Kier alpha value is -4.10. The third-order valence-electron chi connectivity index (χ3n) is 7.62. The summed E-state index contributed by atoms with van der Waals surface area (Å²) in [5, 5.41) is 4.06. The number of benzene rings is 3. The molecule has 0 radical (unpaired) electrons. The van der Waals surface area contributed by atoms with Gasteiger partial charge in [-0.15, -0.1) is 0 Å². The van der Waals surface area contributed by atoms with Crippen molar-refractivity contribution in [2.75, 3.05) is 39.8 Å². The maximum atomic E-state index is 13.7. The molecule has 2 amide bonds. The van der Waals surface area contributed by atoms with Gasteiger partial charge in [-0.05, 0) is 55.9 Å². The van der Waals surface area contributed by atoms with E-state index >= 15 is 0 Å². The number of aromatic amines is 1. The van der Waals surface area contributed by atoms with Gasteiger partial charge in [-0.3, -0.25) is 9.59 Å². The van der Waals surface area contributed by atoms with Gasteiger partial charge in [0.15, 0.2) is 0 Å². The molecule has 3 aromatic carbocycles. The molecule has 2 N–H and O–H groups in total. The summed E-state index contributed by atoms with van der Waals surface area (Å²) in [5.41, 5.74) is 5.37. The SMILES string of the molecule is CCN(CC)CCCNC(=O)CN1C(=O)c2ccccc2C1c1c(-c2cccc(OC)c2)[nH]c2ccccc12. The van der Waals surface area contributed by atoms with Crippen LogP contribution in [-0.2, 0) is 4.79 Å². The molecule has 1 unspecified atom stereocenters.